The topological polar surface area (TPSA) is 51.5 Å². The van der Waals surface area contributed by atoms with Crippen LogP contribution in [0.1, 0.15) is 21.6 Å². The lowest BCUT2D eigenvalue weighted by atomic mass is 10.1. The summed E-state index contributed by atoms with van der Waals surface area (Å²) in [5.41, 5.74) is 3.71. The fourth-order valence-electron chi connectivity index (χ4n) is 3.31. The number of hydrogen-bond donors (Lipinski definition) is 1. The molecule has 32 heavy (non-hydrogen) atoms. The summed E-state index contributed by atoms with van der Waals surface area (Å²) < 4.78 is 7.54. The van der Waals surface area contributed by atoms with Crippen LogP contribution in [0.2, 0.25) is 15.1 Å². The smallest absolute Gasteiger partial charge is 0.352 e. The van der Waals surface area contributed by atoms with E-state index in [1.165, 1.54) is 0 Å². The number of nitrogens with zero attached hydrogens (tertiary/aromatic N) is 1. The molecule has 0 aliphatic heterocycles. The van der Waals surface area contributed by atoms with Crippen LogP contribution in [-0.2, 0) is 13.2 Å². The van der Waals surface area contributed by atoms with Crippen molar-refractivity contribution < 1.29 is 14.6 Å². The van der Waals surface area contributed by atoms with Crippen LogP contribution in [-0.4, -0.2) is 15.6 Å². The number of carboxylic acids is 1. The van der Waals surface area contributed by atoms with Crippen LogP contribution < -0.4 is 4.74 Å². The lowest BCUT2D eigenvalue weighted by molar-refractivity contribution is 0.0685. The maximum Gasteiger partial charge on any atom is 0.352 e. The predicted octanol–water partition coefficient (Wildman–Crippen LogP) is 7.44. The third-order valence-corrected chi connectivity index (χ3v) is 5.82. The van der Waals surface area contributed by atoms with Crippen molar-refractivity contribution in [2.45, 2.75) is 13.2 Å². The fourth-order valence-corrected chi connectivity index (χ4v) is 3.90. The zero-order valence-corrected chi connectivity index (χ0v) is 19.0. The van der Waals surface area contributed by atoms with E-state index >= 15 is 0 Å². The highest BCUT2D eigenvalue weighted by atomic mass is 35.5. The summed E-state index contributed by atoms with van der Waals surface area (Å²) in [6.07, 6.45) is 1.83. The summed E-state index contributed by atoms with van der Waals surface area (Å²) in [4.78, 5) is 11.8. The number of carboxylic acid groups (broad SMARTS) is 1. The molecule has 4 rings (SSSR count). The van der Waals surface area contributed by atoms with Gasteiger partial charge in [0.15, 0.2) is 0 Å². The third kappa shape index (κ3) is 5.28. The summed E-state index contributed by atoms with van der Waals surface area (Å²) in [7, 11) is 0. The molecule has 0 saturated carbocycles. The van der Waals surface area contributed by atoms with Crippen molar-refractivity contribution in [2.75, 3.05) is 0 Å². The summed E-state index contributed by atoms with van der Waals surface area (Å²) >= 11 is 18.1. The number of aromatic nitrogens is 1. The normalized spacial score (nSPS) is 10.8. The molecular weight excluding hydrogens is 469 g/mol. The molecule has 0 bridgehead atoms. The van der Waals surface area contributed by atoms with Crippen LogP contribution in [0.3, 0.4) is 0 Å². The van der Waals surface area contributed by atoms with Crippen LogP contribution in [0.15, 0.2) is 79.0 Å². The Hall–Kier alpha value is -2.92. The van der Waals surface area contributed by atoms with Gasteiger partial charge in [-0.15, -0.1) is 0 Å². The van der Waals surface area contributed by atoms with Crippen molar-refractivity contribution >= 4 is 40.8 Å². The molecule has 0 amide bonds. The molecular formula is C25H18Cl3NO3. The third-order valence-electron chi connectivity index (χ3n) is 4.98. The van der Waals surface area contributed by atoms with Gasteiger partial charge in [0.05, 0.1) is 0 Å². The van der Waals surface area contributed by atoms with Gasteiger partial charge in [-0.3, -0.25) is 0 Å². The Labute approximate surface area is 200 Å². The van der Waals surface area contributed by atoms with E-state index in [1.807, 2.05) is 48.7 Å². The maximum absolute atomic E-state index is 11.8. The van der Waals surface area contributed by atoms with Gasteiger partial charge in [-0.1, -0.05) is 65.1 Å². The summed E-state index contributed by atoms with van der Waals surface area (Å²) in [6.45, 7) is 0.748. The average molecular weight is 487 g/mol. The molecule has 162 valence electrons. The molecule has 0 unspecified atom stereocenters. The van der Waals surface area contributed by atoms with Crippen LogP contribution in [0.5, 0.6) is 5.75 Å². The zero-order valence-electron chi connectivity index (χ0n) is 16.8. The van der Waals surface area contributed by atoms with E-state index in [0.717, 1.165) is 22.3 Å². The molecule has 4 aromatic rings. The first-order chi connectivity index (χ1) is 15.4. The second-order valence-electron chi connectivity index (χ2n) is 7.22. The minimum Gasteiger partial charge on any atom is -0.489 e. The molecule has 0 radical (unpaired) electrons. The number of rotatable bonds is 7. The molecule has 0 saturated heterocycles. The summed E-state index contributed by atoms with van der Waals surface area (Å²) in [5.74, 6) is -0.302. The van der Waals surface area contributed by atoms with Gasteiger partial charge in [0.25, 0.3) is 0 Å². The van der Waals surface area contributed by atoms with E-state index < -0.39 is 5.97 Å². The Kier molecular flexibility index (Phi) is 6.75. The van der Waals surface area contributed by atoms with Crippen molar-refractivity contribution in [3.63, 3.8) is 0 Å². The van der Waals surface area contributed by atoms with Gasteiger partial charge >= 0.3 is 5.97 Å². The number of benzene rings is 3. The van der Waals surface area contributed by atoms with Gasteiger partial charge in [-0.05, 0) is 53.6 Å². The molecule has 0 fully saturated rings. The monoisotopic (exact) mass is 485 g/mol. The van der Waals surface area contributed by atoms with E-state index in [-0.39, 0.29) is 5.69 Å². The van der Waals surface area contributed by atoms with Crippen LogP contribution in [0.4, 0.5) is 0 Å². The number of ether oxygens (including phenoxy) is 1. The number of halogens is 3. The zero-order chi connectivity index (χ0) is 22.7. The maximum atomic E-state index is 11.8. The Morgan fingerprint density at radius 3 is 2.19 bits per heavy atom. The second-order valence-corrected chi connectivity index (χ2v) is 8.50. The standard InChI is InChI=1S/C25H18Cl3NO3/c26-20-6-1-16(2-7-20)13-29-14-19(11-24(29)25(30)31)17-4-9-22(10-5-17)32-15-18-3-8-21(27)12-23(18)28/h1-12,14H,13,15H2,(H,30,31). The van der Waals surface area contributed by atoms with Gasteiger partial charge in [0.1, 0.15) is 18.1 Å². The largest absolute Gasteiger partial charge is 0.489 e. The van der Waals surface area contributed by atoms with E-state index in [0.29, 0.717) is 34.0 Å². The molecule has 1 heterocycles. The van der Waals surface area contributed by atoms with Gasteiger partial charge in [-0.25, -0.2) is 4.79 Å². The molecule has 1 N–H and O–H groups in total. The molecule has 0 spiro atoms. The van der Waals surface area contributed by atoms with E-state index in [9.17, 15) is 9.90 Å². The summed E-state index contributed by atoms with van der Waals surface area (Å²) in [5, 5.41) is 11.4. The molecule has 0 aliphatic carbocycles. The van der Waals surface area contributed by atoms with Crippen molar-refractivity contribution in [2.24, 2.45) is 0 Å². The average Bonchev–Trinajstić information content (AvgIpc) is 3.19. The molecule has 0 atom stereocenters. The highest BCUT2D eigenvalue weighted by Gasteiger charge is 2.14. The minimum atomic E-state index is -0.981. The lowest BCUT2D eigenvalue weighted by Gasteiger charge is -2.09. The van der Waals surface area contributed by atoms with Crippen molar-refractivity contribution in [1.29, 1.82) is 0 Å². The Morgan fingerprint density at radius 2 is 1.53 bits per heavy atom. The van der Waals surface area contributed by atoms with Crippen molar-refractivity contribution in [3.8, 4) is 16.9 Å². The lowest BCUT2D eigenvalue weighted by Crippen LogP contribution is -2.08. The van der Waals surface area contributed by atoms with Gasteiger partial charge < -0.3 is 14.4 Å². The molecule has 4 nitrogen and oxygen atoms in total. The minimum absolute atomic E-state index is 0.215. The van der Waals surface area contributed by atoms with Gasteiger partial charge in [-0.2, -0.15) is 0 Å². The molecule has 1 aromatic heterocycles. The summed E-state index contributed by atoms with van der Waals surface area (Å²) in [6, 6.07) is 21.8. The van der Waals surface area contributed by atoms with E-state index in [2.05, 4.69) is 0 Å². The molecule has 7 heteroatoms. The van der Waals surface area contributed by atoms with Crippen molar-refractivity contribution in [3.05, 3.63) is 111 Å². The van der Waals surface area contributed by atoms with Gasteiger partial charge in [0, 0.05) is 38.9 Å². The number of carbonyl (C=O) groups is 1. The van der Waals surface area contributed by atoms with E-state index in [4.69, 9.17) is 39.5 Å². The van der Waals surface area contributed by atoms with Gasteiger partial charge in [0.2, 0.25) is 0 Å². The van der Waals surface area contributed by atoms with Crippen molar-refractivity contribution in [1.82, 2.24) is 4.57 Å². The Morgan fingerprint density at radius 1 is 0.844 bits per heavy atom. The first-order valence-electron chi connectivity index (χ1n) is 9.74. The van der Waals surface area contributed by atoms with E-state index in [1.54, 1.807) is 34.9 Å². The number of aromatic carboxylic acids is 1. The quantitative estimate of drug-likeness (QED) is 0.295. The van der Waals surface area contributed by atoms with Crippen LogP contribution >= 0.6 is 34.8 Å². The highest BCUT2D eigenvalue weighted by molar-refractivity contribution is 6.35. The first-order valence-corrected chi connectivity index (χ1v) is 10.9. The second kappa shape index (κ2) is 9.70. The van der Waals surface area contributed by atoms with Crippen LogP contribution in [0, 0.1) is 0 Å². The Balaban J connectivity index is 1.50. The number of hydrogen-bond acceptors (Lipinski definition) is 2. The molecule has 3 aromatic carbocycles. The van der Waals surface area contributed by atoms with Crippen LogP contribution in [0.25, 0.3) is 11.1 Å². The Bertz CT molecular complexity index is 1250. The first kappa shape index (κ1) is 22.3. The fraction of sp³-hybridized carbons (Fsp3) is 0.0800. The molecule has 0 aliphatic rings. The highest BCUT2D eigenvalue weighted by Crippen LogP contribution is 2.27. The predicted molar refractivity (Wildman–Crippen MR) is 128 cm³/mol. The SMILES string of the molecule is O=C(O)c1cc(-c2ccc(OCc3ccc(Cl)cc3Cl)cc2)cn1Cc1ccc(Cl)cc1.